The minimum absolute atomic E-state index is 0.0413. The van der Waals surface area contributed by atoms with Gasteiger partial charge < -0.3 is 49.6 Å². The van der Waals surface area contributed by atoms with E-state index in [-0.39, 0.29) is 18.1 Å². The fourth-order valence-electron chi connectivity index (χ4n) is 5.10. The molecule has 214 valence electrons. The van der Waals surface area contributed by atoms with Crippen molar-refractivity contribution in [1.29, 1.82) is 0 Å². The van der Waals surface area contributed by atoms with E-state index in [1.54, 1.807) is 19.9 Å². The van der Waals surface area contributed by atoms with Crippen LogP contribution in [0.3, 0.4) is 0 Å². The van der Waals surface area contributed by atoms with Crippen LogP contribution in [0.15, 0.2) is 36.1 Å². The van der Waals surface area contributed by atoms with Crippen LogP contribution in [0, 0.1) is 17.8 Å². The number of fused-ring (bicyclic) bond motifs is 1. The fraction of sp³-hybridized carbons (Fsp3) is 0.692. The number of aliphatic carboxylic acids is 1. The summed E-state index contributed by atoms with van der Waals surface area (Å²) >= 11 is 0. The number of esters is 1. The van der Waals surface area contributed by atoms with E-state index in [9.17, 15) is 40.2 Å². The zero-order valence-electron chi connectivity index (χ0n) is 21.5. The summed E-state index contributed by atoms with van der Waals surface area (Å²) in [6.07, 6.45) is -2.69. The van der Waals surface area contributed by atoms with Crippen LogP contribution >= 0.6 is 0 Å². The molecule has 2 fully saturated rings. The number of carbonyl (C=O) groups excluding carboxylic acids is 1. The number of carboxylic acid groups (broad SMARTS) is 1. The lowest BCUT2D eigenvalue weighted by molar-refractivity contribution is -0.342. The Hall–Kier alpha value is -2.32. The molecular formula is C26H38O12. The number of rotatable bonds is 11. The van der Waals surface area contributed by atoms with Crippen LogP contribution in [-0.4, -0.2) is 98.4 Å². The highest BCUT2D eigenvalue weighted by molar-refractivity contribution is 5.88. The molecule has 38 heavy (non-hydrogen) atoms. The van der Waals surface area contributed by atoms with Gasteiger partial charge in [0.1, 0.15) is 24.4 Å². The van der Waals surface area contributed by atoms with E-state index in [1.807, 2.05) is 0 Å². The van der Waals surface area contributed by atoms with Gasteiger partial charge >= 0.3 is 11.9 Å². The third kappa shape index (κ3) is 6.81. The summed E-state index contributed by atoms with van der Waals surface area (Å²) in [6, 6.07) is 0. The Morgan fingerprint density at radius 3 is 2.53 bits per heavy atom. The highest BCUT2D eigenvalue weighted by Gasteiger charge is 2.52. The van der Waals surface area contributed by atoms with Crippen molar-refractivity contribution in [2.24, 2.45) is 17.8 Å². The molecule has 0 amide bonds. The monoisotopic (exact) mass is 542 g/mol. The third-order valence-electron chi connectivity index (χ3n) is 7.56. The number of hydrogen-bond acceptors (Lipinski definition) is 11. The quantitative estimate of drug-likeness (QED) is 0.116. The molecule has 2 aliphatic heterocycles. The molecule has 1 saturated heterocycles. The van der Waals surface area contributed by atoms with Gasteiger partial charge in [0.2, 0.25) is 6.29 Å². The van der Waals surface area contributed by atoms with Crippen molar-refractivity contribution in [1.82, 2.24) is 0 Å². The maximum Gasteiger partial charge on any atom is 0.334 e. The minimum Gasteiger partial charge on any atom is -0.478 e. The summed E-state index contributed by atoms with van der Waals surface area (Å²) in [6.45, 7) is 6.11. The van der Waals surface area contributed by atoms with Gasteiger partial charge in [0.05, 0.1) is 30.6 Å². The zero-order chi connectivity index (χ0) is 28.2. The van der Waals surface area contributed by atoms with Crippen LogP contribution in [0.1, 0.15) is 39.5 Å². The topological polar surface area (TPSA) is 192 Å². The normalized spacial score (nSPS) is 36.9. The molecule has 0 aromatic heterocycles. The third-order valence-corrected chi connectivity index (χ3v) is 7.56. The lowest BCUT2D eigenvalue weighted by Gasteiger charge is -2.43. The first-order valence-corrected chi connectivity index (χ1v) is 12.6. The van der Waals surface area contributed by atoms with E-state index in [4.69, 9.17) is 18.9 Å². The fourth-order valence-corrected chi connectivity index (χ4v) is 5.10. The van der Waals surface area contributed by atoms with Crippen molar-refractivity contribution in [2.45, 2.75) is 82.1 Å². The number of hydrogen-bond donors (Lipinski definition) is 6. The van der Waals surface area contributed by atoms with Gasteiger partial charge in [-0.3, -0.25) is 0 Å². The largest absolute Gasteiger partial charge is 0.478 e. The van der Waals surface area contributed by atoms with E-state index >= 15 is 0 Å². The summed E-state index contributed by atoms with van der Waals surface area (Å²) in [5, 5.41) is 59.6. The Morgan fingerprint density at radius 1 is 1.18 bits per heavy atom. The summed E-state index contributed by atoms with van der Waals surface area (Å²) in [4.78, 5) is 24.4. The molecule has 12 heteroatoms. The molecule has 10 atom stereocenters. The van der Waals surface area contributed by atoms with Gasteiger partial charge in [0.15, 0.2) is 6.29 Å². The van der Waals surface area contributed by atoms with Crippen molar-refractivity contribution < 1.29 is 59.2 Å². The molecule has 0 aromatic rings. The first-order valence-electron chi connectivity index (χ1n) is 12.6. The smallest absolute Gasteiger partial charge is 0.334 e. The molecule has 1 saturated carbocycles. The number of carbonyl (C=O) groups is 2. The molecule has 1 aliphatic carbocycles. The average Bonchev–Trinajstić information content (AvgIpc) is 3.31. The summed E-state index contributed by atoms with van der Waals surface area (Å²) in [7, 11) is 0. The van der Waals surface area contributed by atoms with Crippen LogP contribution in [0.4, 0.5) is 0 Å². The van der Waals surface area contributed by atoms with E-state index < -0.39 is 73.0 Å². The number of allylic oxidation sites excluding steroid dienone is 1. The van der Waals surface area contributed by atoms with Crippen LogP contribution in [0.25, 0.3) is 0 Å². The molecule has 0 radical (unpaired) electrons. The van der Waals surface area contributed by atoms with Gasteiger partial charge in [-0.2, -0.15) is 0 Å². The van der Waals surface area contributed by atoms with Crippen LogP contribution in [0.5, 0.6) is 0 Å². The second-order valence-corrected chi connectivity index (χ2v) is 10.3. The lowest BCUT2D eigenvalue weighted by Crippen LogP contribution is -2.60. The first-order chi connectivity index (χ1) is 17.9. The lowest BCUT2D eigenvalue weighted by atomic mass is 9.83. The van der Waals surface area contributed by atoms with Gasteiger partial charge in [-0.25, -0.2) is 9.59 Å². The summed E-state index contributed by atoms with van der Waals surface area (Å²) in [5.41, 5.74) is -0.645. The average molecular weight is 543 g/mol. The van der Waals surface area contributed by atoms with E-state index in [0.29, 0.717) is 31.3 Å². The highest BCUT2D eigenvalue weighted by Crippen LogP contribution is 2.47. The Balaban J connectivity index is 1.69. The van der Waals surface area contributed by atoms with Crippen molar-refractivity contribution in [3.63, 3.8) is 0 Å². The van der Waals surface area contributed by atoms with Crippen LogP contribution in [-0.2, 0) is 28.5 Å². The summed E-state index contributed by atoms with van der Waals surface area (Å²) < 4.78 is 22.3. The maximum absolute atomic E-state index is 12.6. The summed E-state index contributed by atoms with van der Waals surface area (Å²) in [5.74, 6) is -3.13. The number of ether oxygens (including phenoxy) is 4. The second-order valence-electron chi connectivity index (χ2n) is 10.3. The van der Waals surface area contributed by atoms with Crippen molar-refractivity contribution >= 4 is 11.9 Å². The Bertz CT molecular complexity index is 925. The molecular weight excluding hydrogens is 504 g/mol. The molecule has 12 nitrogen and oxygen atoms in total. The standard InChI is InChI=1S/C26H38O12/c1-4-26(3,34)9-5-6-13(2)23(33)35-11-14-7-8-15-16(22(31)32)12-36-24(18(14)15)38-25-21(30)20(29)19(28)17(10-27)37-25/h4,6,12,14-15,17-21,24-25,27-30,34H,1,5,7-11H2,2-3H3,(H,31,32)/b13-6+. The van der Waals surface area contributed by atoms with Gasteiger partial charge in [0.25, 0.3) is 0 Å². The number of aliphatic hydroxyl groups is 5. The molecule has 0 bridgehead atoms. The van der Waals surface area contributed by atoms with Crippen LogP contribution in [0.2, 0.25) is 0 Å². The van der Waals surface area contributed by atoms with E-state index in [2.05, 4.69) is 6.58 Å². The van der Waals surface area contributed by atoms with Crippen molar-refractivity contribution in [3.8, 4) is 0 Å². The maximum atomic E-state index is 12.6. The second kappa shape index (κ2) is 12.7. The van der Waals surface area contributed by atoms with E-state index in [1.165, 1.54) is 6.08 Å². The highest BCUT2D eigenvalue weighted by atomic mass is 16.8. The van der Waals surface area contributed by atoms with Gasteiger partial charge in [0, 0.05) is 23.3 Å². The SMILES string of the molecule is C=CC(C)(O)CC/C=C(\C)C(=O)OCC1CCC2C(C(=O)O)=COC(OC3OC(CO)C(O)C(O)C3O)C12. The van der Waals surface area contributed by atoms with E-state index in [0.717, 1.165) is 6.26 Å². The Labute approximate surface area is 220 Å². The van der Waals surface area contributed by atoms with Gasteiger partial charge in [-0.1, -0.05) is 12.2 Å². The molecule has 2 heterocycles. The minimum atomic E-state index is -1.66. The zero-order valence-corrected chi connectivity index (χ0v) is 21.5. The van der Waals surface area contributed by atoms with Gasteiger partial charge in [-0.05, 0) is 39.5 Å². The molecule has 0 aromatic carbocycles. The first kappa shape index (κ1) is 30.2. The number of aliphatic hydroxyl groups excluding tert-OH is 4. The predicted octanol–water partition coefficient (Wildman–Crippen LogP) is -0.0232. The van der Waals surface area contributed by atoms with Gasteiger partial charge in [-0.15, -0.1) is 6.58 Å². The predicted molar refractivity (Wildman–Crippen MR) is 130 cm³/mol. The van der Waals surface area contributed by atoms with Crippen molar-refractivity contribution in [3.05, 3.63) is 36.1 Å². The number of carboxylic acids is 1. The Morgan fingerprint density at radius 2 is 1.89 bits per heavy atom. The molecule has 3 rings (SSSR count). The molecule has 10 unspecified atom stereocenters. The molecule has 0 spiro atoms. The van der Waals surface area contributed by atoms with Crippen LogP contribution < -0.4 is 0 Å². The molecule has 6 N–H and O–H groups in total. The molecule has 3 aliphatic rings. The van der Waals surface area contributed by atoms with Crippen molar-refractivity contribution in [2.75, 3.05) is 13.2 Å². The Kier molecular flexibility index (Phi) is 10.1.